The Morgan fingerprint density at radius 1 is 1.19 bits per heavy atom. The Bertz CT molecular complexity index is 589. The molecule has 0 spiro atoms. The van der Waals surface area contributed by atoms with Crippen LogP contribution in [0.15, 0.2) is 48.5 Å². The summed E-state index contributed by atoms with van der Waals surface area (Å²) in [6, 6.07) is 14.9. The van der Waals surface area contributed by atoms with Gasteiger partial charge in [0.1, 0.15) is 17.7 Å². The van der Waals surface area contributed by atoms with Crippen molar-refractivity contribution in [2.75, 3.05) is 5.88 Å². The summed E-state index contributed by atoms with van der Waals surface area (Å²) in [6.07, 6.45) is 2.80. The van der Waals surface area contributed by atoms with Crippen molar-refractivity contribution in [3.05, 3.63) is 65.5 Å². The molecule has 1 aliphatic rings. The van der Waals surface area contributed by atoms with Crippen LogP contribution in [0.3, 0.4) is 0 Å². The van der Waals surface area contributed by atoms with Crippen molar-refractivity contribution in [3.63, 3.8) is 0 Å². The van der Waals surface area contributed by atoms with Crippen LogP contribution in [0.2, 0.25) is 0 Å². The molecule has 110 valence electrons. The fraction of sp³-hybridized carbons (Fsp3) is 0.333. The number of hydrogen-bond acceptors (Lipinski definition) is 1. The number of para-hydroxylation sites is 1. The van der Waals surface area contributed by atoms with Crippen LogP contribution in [0.5, 0.6) is 5.75 Å². The molecule has 2 unspecified atom stereocenters. The molecule has 0 saturated carbocycles. The quantitative estimate of drug-likeness (QED) is 0.733. The van der Waals surface area contributed by atoms with Gasteiger partial charge in [0.15, 0.2) is 0 Å². The molecular weight excluding hydrogens is 287 g/mol. The SMILES string of the molecule is Fc1cccc(CC(CCl)CC2Cc3ccccc3O2)c1. The minimum atomic E-state index is -0.189. The molecule has 2 atom stereocenters. The molecule has 0 aromatic heterocycles. The Labute approximate surface area is 129 Å². The molecule has 0 amide bonds. The van der Waals surface area contributed by atoms with Gasteiger partial charge in [-0.1, -0.05) is 30.3 Å². The van der Waals surface area contributed by atoms with Gasteiger partial charge in [0.05, 0.1) is 0 Å². The van der Waals surface area contributed by atoms with Crippen LogP contribution < -0.4 is 4.74 Å². The van der Waals surface area contributed by atoms with Crippen molar-refractivity contribution in [3.8, 4) is 5.75 Å². The van der Waals surface area contributed by atoms with Gasteiger partial charge in [-0.05, 0) is 48.1 Å². The third-order valence-electron chi connectivity index (χ3n) is 3.94. The van der Waals surface area contributed by atoms with E-state index in [4.69, 9.17) is 16.3 Å². The van der Waals surface area contributed by atoms with E-state index in [1.165, 1.54) is 11.6 Å². The van der Waals surface area contributed by atoms with Gasteiger partial charge < -0.3 is 4.74 Å². The molecule has 0 N–H and O–H groups in total. The van der Waals surface area contributed by atoms with E-state index < -0.39 is 0 Å². The van der Waals surface area contributed by atoms with Crippen LogP contribution in [0.25, 0.3) is 0 Å². The van der Waals surface area contributed by atoms with Crippen molar-refractivity contribution < 1.29 is 9.13 Å². The monoisotopic (exact) mass is 304 g/mol. The Morgan fingerprint density at radius 3 is 2.81 bits per heavy atom. The lowest BCUT2D eigenvalue weighted by atomic mass is 9.93. The Balaban J connectivity index is 1.61. The maximum absolute atomic E-state index is 13.2. The van der Waals surface area contributed by atoms with Crippen LogP contribution in [0.1, 0.15) is 17.5 Å². The molecule has 2 aromatic carbocycles. The molecule has 0 saturated heterocycles. The first-order chi connectivity index (χ1) is 10.2. The van der Waals surface area contributed by atoms with Gasteiger partial charge in [-0.25, -0.2) is 4.39 Å². The minimum Gasteiger partial charge on any atom is -0.490 e. The maximum Gasteiger partial charge on any atom is 0.123 e. The molecule has 0 radical (unpaired) electrons. The topological polar surface area (TPSA) is 9.23 Å². The summed E-state index contributed by atoms with van der Waals surface area (Å²) in [5.41, 5.74) is 2.26. The van der Waals surface area contributed by atoms with Gasteiger partial charge in [-0.15, -0.1) is 11.6 Å². The number of alkyl halides is 1. The average Bonchev–Trinajstić information content (AvgIpc) is 2.89. The fourth-order valence-electron chi connectivity index (χ4n) is 2.96. The van der Waals surface area contributed by atoms with Gasteiger partial charge >= 0.3 is 0 Å². The highest BCUT2D eigenvalue weighted by atomic mass is 35.5. The molecule has 1 heterocycles. The summed E-state index contributed by atoms with van der Waals surface area (Å²) in [6.45, 7) is 0. The predicted octanol–water partition coefficient (Wildman–Crippen LogP) is 4.62. The fourth-order valence-corrected chi connectivity index (χ4v) is 3.19. The molecule has 21 heavy (non-hydrogen) atoms. The van der Waals surface area contributed by atoms with E-state index in [2.05, 4.69) is 6.07 Å². The van der Waals surface area contributed by atoms with Crippen molar-refractivity contribution in [1.82, 2.24) is 0 Å². The first kappa shape index (κ1) is 14.4. The van der Waals surface area contributed by atoms with Crippen molar-refractivity contribution in [2.24, 2.45) is 5.92 Å². The van der Waals surface area contributed by atoms with E-state index in [1.807, 2.05) is 24.3 Å². The summed E-state index contributed by atoms with van der Waals surface area (Å²) in [4.78, 5) is 0. The molecular formula is C18H18ClFO. The zero-order valence-corrected chi connectivity index (χ0v) is 12.5. The number of hydrogen-bond donors (Lipinski definition) is 0. The summed E-state index contributed by atoms with van der Waals surface area (Å²) in [7, 11) is 0. The second kappa shape index (κ2) is 6.48. The van der Waals surface area contributed by atoms with Gasteiger partial charge in [-0.3, -0.25) is 0 Å². The molecule has 1 nitrogen and oxygen atoms in total. The third-order valence-corrected chi connectivity index (χ3v) is 4.38. The number of ether oxygens (including phenoxy) is 1. The predicted molar refractivity (Wildman–Crippen MR) is 83.5 cm³/mol. The third kappa shape index (κ3) is 3.56. The van der Waals surface area contributed by atoms with E-state index in [0.29, 0.717) is 11.8 Å². The zero-order valence-electron chi connectivity index (χ0n) is 11.8. The lowest BCUT2D eigenvalue weighted by molar-refractivity contribution is 0.198. The number of fused-ring (bicyclic) bond motifs is 1. The van der Waals surface area contributed by atoms with Gasteiger partial charge in [-0.2, -0.15) is 0 Å². The van der Waals surface area contributed by atoms with E-state index in [-0.39, 0.29) is 11.9 Å². The van der Waals surface area contributed by atoms with Crippen LogP contribution >= 0.6 is 11.6 Å². The smallest absolute Gasteiger partial charge is 0.123 e. The van der Waals surface area contributed by atoms with Crippen molar-refractivity contribution in [2.45, 2.75) is 25.4 Å². The van der Waals surface area contributed by atoms with E-state index >= 15 is 0 Å². The van der Waals surface area contributed by atoms with Crippen LogP contribution in [0, 0.1) is 11.7 Å². The molecule has 0 bridgehead atoms. The first-order valence-electron chi connectivity index (χ1n) is 7.29. The Hall–Kier alpha value is -1.54. The average molecular weight is 305 g/mol. The van der Waals surface area contributed by atoms with Crippen LogP contribution in [-0.4, -0.2) is 12.0 Å². The highest BCUT2D eigenvalue weighted by Crippen LogP contribution is 2.31. The molecule has 0 aliphatic carbocycles. The molecule has 3 heteroatoms. The second-order valence-electron chi connectivity index (χ2n) is 5.64. The molecule has 1 aliphatic heterocycles. The van der Waals surface area contributed by atoms with E-state index in [1.54, 1.807) is 12.1 Å². The highest BCUT2D eigenvalue weighted by molar-refractivity contribution is 6.18. The number of rotatable bonds is 5. The number of benzene rings is 2. The first-order valence-corrected chi connectivity index (χ1v) is 7.83. The molecule has 3 rings (SSSR count). The maximum atomic E-state index is 13.2. The van der Waals surface area contributed by atoms with Crippen molar-refractivity contribution in [1.29, 1.82) is 0 Å². The molecule has 0 fully saturated rings. The normalized spacial score (nSPS) is 18.1. The lowest BCUT2D eigenvalue weighted by Crippen LogP contribution is -2.20. The van der Waals surface area contributed by atoms with Gasteiger partial charge in [0.2, 0.25) is 0 Å². The standard InChI is InChI=1S/C18H18ClFO/c19-12-14(8-13-4-3-6-16(20)9-13)10-17-11-15-5-1-2-7-18(15)21-17/h1-7,9,14,17H,8,10-12H2. The van der Waals surface area contributed by atoms with Crippen LogP contribution in [0.4, 0.5) is 4.39 Å². The zero-order chi connectivity index (χ0) is 14.7. The molecule has 2 aromatic rings. The van der Waals surface area contributed by atoms with E-state index in [0.717, 1.165) is 30.6 Å². The van der Waals surface area contributed by atoms with Crippen molar-refractivity contribution >= 4 is 11.6 Å². The number of halogens is 2. The minimum absolute atomic E-state index is 0.180. The summed E-state index contributed by atoms with van der Waals surface area (Å²) < 4.78 is 19.2. The van der Waals surface area contributed by atoms with Gasteiger partial charge in [0, 0.05) is 12.3 Å². The van der Waals surface area contributed by atoms with E-state index in [9.17, 15) is 4.39 Å². The van der Waals surface area contributed by atoms with Gasteiger partial charge in [0.25, 0.3) is 0 Å². The van der Waals surface area contributed by atoms with Crippen LogP contribution in [-0.2, 0) is 12.8 Å². The lowest BCUT2D eigenvalue weighted by Gasteiger charge is -2.18. The second-order valence-corrected chi connectivity index (χ2v) is 5.95. The Morgan fingerprint density at radius 2 is 2.05 bits per heavy atom. The highest BCUT2D eigenvalue weighted by Gasteiger charge is 2.25. The summed E-state index contributed by atoms with van der Waals surface area (Å²) in [5, 5.41) is 0. The largest absolute Gasteiger partial charge is 0.490 e. The summed E-state index contributed by atoms with van der Waals surface area (Å²) >= 11 is 6.10. The Kier molecular flexibility index (Phi) is 4.45. The summed E-state index contributed by atoms with van der Waals surface area (Å²) in [5.74, 6) is 1.66.